The predicted molar refractivity (Wildman–Crippen MR) is 133 cm³/mol. The molecular weight excluding hydrogens is 585 g/mol. The molecule has 0 N–H and O–H groups in total. The Balaban J connectivity index is 1.71. The SMILES string of the molecule is N#CC(C(=O)CCOc1cc(Oc2ccc(C(F)(F)F)cc2Cl)c(Cl)cc1Cl)c1ccc(Cl)cc1Cl. The van der Waals surface area contributed by atoms with Crippen molar-refractivity contribution in [1.82, 2.24) is 0 Å². The maximum absolute atomic E-state index is 12.9. The maximum Gasteiger partial charge on any atom is 0.416 e. The van der Waals surface area contributed by atoms with Gasteiger partial charge in [-0.05, 0) is 42.0 Å². The monoisotopic (exact) mass is 595 g/mol. The number of alkyl halides is 3. The van der Waals surface area contributed by atoms with Crippen LogP contribution in [0.4, 0.5) is 13.2 Å². The number of ketones is 1. The molecule has 0 aliphatic carbocycles. The summed E-state index contributed by atoms with van der Waals surface area (Å²) in [4.78, 5) is 12.6. The van der Waals surface area contributed by atoms with Crippen molar-refractivity contribution >= 4 is 63.8 Å². The zero-order valence-electron chi connectivity index (χ0n) is 17.8. The molecule has 0 heterocycles. The van der Waals surface area contributed by atoms with Gasteiger partial charge in [0.25, 0.3) is 0 Å². The van der Waals surface area contributed by atoms with E-state index >= 15 is 0 Å². The Morgan fingerprint density at radius 3 is 2.14 bits per heavy atom. The third kappa shape index (κ3) is 6.90. The number of rotatable bonds is 8. The molecule has 0 aromatic heterocycles. The number of carbonyl (C=O) groups is 1. The zero-order valence-corrected chi connectivity index (χ0v) is 21.6. The third-order valence-corrected chi connectivity index (χ3v) is 6.24. The number of Topliss-reactive ketones (excluding diaryl/α,β-unsaturated/α-hetero) is 1. The number of ether oxygens (including phenoxy) is 2. The van der Waals surface area contributed by atoms with E-state index in [0.717, 1.165) is 18.2 Å². The van der Waals surface area contributed by atoms with Crippen LogP contribution in [-0.4, -0.2) is 12.4 Å². The summed E-state index contributed by atoms with van der Waals surface area (Å²) >= 11 is 30.2. The lowest BCUT2D eigenvalue weighted by Crippen LogP contribution is -2.15. The van der Waals surface area contributed by atoms with Crippen LogP contribution in [0.15, 0.2) is 48.5 Å². The van der Waals surface area contributed by atoms with E-state index in [9.17, 15) is 23.2 Å². The second kappa shape index (κ2) is 11.8. The first-order valence-corrected chi connectivity index (χ1v) is 11.8. The van der Waals surface area contributed by atoms with Gasteiger partial charge >= 0.3 is 6.18 Å². The number of nitriles is 1. The second-order valence-electron chi connectivity index (χ2n) is 7.25. The average molecular weight is 598 g/mol. The first-order chi connectivity index (χ1) is 16.9. The number of nitrogens with zero attached hydrogens (tertiary/aromatic N) is 1. The van der Waals surface area contributed by atoms with Crippen LogP contribution in [0.25, 0.3) is 0 Å². The Bertz CT molecular complexity index is 1340. The van der Waals surface area contributed by atoms with E-state index < -0.39 is 23.4 Å². The molecule has 0 aliphatic rings. The lowest BCUT2D eigenvalue weighted by atomic mass is 9.94. The fourth-order valence-corrected chi connectivity index (χ4v) is 4.25. The summed E-state index contributed by atoms with van der Waals surface area (Å²) in [5, 5.41) is 9.87. The summed E-state index contributed by atoms with van der Waals surface area (Å²) < 4.78 is 49.7. The Labute approximate surface area is 229 Å². The molecule has 0 fully saturated rings. The van der Waals surface area contributed by atoms with Gasteiger partial charge in [0.1, 0.15) is 23.2 Å². The lowest BCUT2D eigenvalue weighted by Gasteiger charge is -2.15. The zero-order chi connectivity index (χ0) is 26.6. The van der Waals surface area contributed by atoms with Crippen molar-refractivity contribution in [2.24, 2.45) is 0 Å². The van der Waals surface area contributed by atoms with Crippen molar-refractivity contribution in [3.05, 3.63) is 84.8 Å². The first-order valence-electron chi connectivity index (χ1n) is 9.94. The highest BCUT2D eigenvalue weighted by Gasteiger charge is 2.31. The summed E-state index contributed by atoms with van der Waals surface area (Å²) in [6.45, 7) is -0.149. The van der Waals surface area contributed by atoms with Gasteiger partial charge in [0.05, 0.1) is 33.3 Å². The van der Waals surface area contributed by atoms with Crippen molar-refractivity contribution in [3.8, 4) is 23.3 Å². The Kier molecular flexibility index (Phi) is 9.26. The van der Waals surface area contributed by atoms with Gasteiger partial charge in [-0.1, -0.05) is 64.1 Å². The van der Waals surface area contributed by atoms with Gasteiger partial charge in [-0.25, -0.2) is 0 Å². The summed E-state index contributed by atoms with van der Waals surface area (Å²) in [7, 11) is 0. The van der Waals surface area contributed by atoms with Gasteiger partial charge < -0.3 is 9.47 Å². The van der Waals surface area contributed by atoms with Crippen LogP contribution >= 0.6 is 58.0 Å². The number of carbonyl (C=O) groups excluding carboxylic acids is 1. The molecular formula is C24H13Cl5F3NO3. The fourth-order valence-electron chi connectivity index (χ4n) is 3.03. The van der Waals surface area contributed by atoms with Crippen LogP contribution in [0.2, 0.25) is 25.1 Å². The molecule has 0 saturated heterocycles. The molecule has 0 amide bonds. The van der Waals surface area contributed by atoms with E-state index in [4.69, 9.17) is 67.5 Å². The van der Waals surface area contributed by atoms with Crippen molar-refractivity contribution in [2.75, 3.05) is 6.61 Å². The van der Waals surface area contributed by atoms with Gasteiger partial charge in [-0.2, -0.15) is 18.4 Å². The Hall–Kier alpha value is -2.34. The Morgan fingerprint density at radius 1 is 0.861 bits per heavy atom. The molecule has 36 heavy (non-hydrogen) atoms. The minimum Gasteiger partial charge on any atom is -0.491 e. The molecule has 0 radical (unpaired) electrons. The molecule has 3 aromatic rings. The van der Waals surface area contributed by atoms with E-state index in [-0.39, 0.29) is 50.4 Å². The van der Waals surface area contributed by atoms with E-state index in [1.165, 1.54) is 30.3 Å². The topological polar surface area (TPSA) is 59.3 Å². The molecule has 0 aliphatic heterocycles. The average Bonchev–Trinajstić information content (AvgIpc) is 2.79. The van der Waals surface area contributed by atoms with Gasteiger partial charge in [0, 0.05) is 22.5 Å². The molecule has 188 valence electrons. The fraction of sp³-hybridized carbons (Fsp3) is 0.167. The number of halogens is 8. The molecule has 1 unspecified atom stereocenters. The molecule has 12 heteroatoms. The molecule has 0 bridgehead atoms. The number of hydrogen-bond acceptors (Lipinski definition) is 4. The van der Waals surface area contributed by atoms with Gasteiger partial charge in [-0.3, -0.25) is 4.79 Å². The van der Waals surface area contributed by atoms with Crippen LogP contribution in [0.5, 0.6) is 17.2 Å². The maximum atomic E-state index is 12.9. The number of benzene rings is 3. The lowest BCUT2D eigenvalue weighted by molar-refractivity contribution is -0.137. The van der Waals surface area contributed by atoms with Crippen molar-refractivity contribution in [3.63, 3.8) is 0 Å². The minimum atomic E-state index is -4.57. The van der Waals surface area contributed by atoms with Crippen LogP contribution in [0.3, 0.4) is 0 Å². The van der Waals surface area contributed by atoms with Crippen LogP contribution < -0.4 is 9.47 Å². The molecule has 3 rings (SSSR count). The quantitative estimate of drug-likeness (QED) is 0.260. The second-order valence-corrected chi connectivity index (χ2v) is 9.32. The molecule has 0 saturated carbocycles. The van der Waals surface area contributed by atoms with E-state index in [2.05, 4.69) is 0 Å². The molecule has 4 nitrogen and oxygen atoms in total. The largest absolute Gasteiger partial charge is 0.491 e. The predicted octanol–water partition coefficient (Wildman–Crippen LogP) is 9.41. The summed E-state index contributed by atoms with van der Waals surface area (Å²) in [5.74, 6) is -1.55. The van der Waals surface area contributed by atoms with Crippen LogP contribution in [0.1, 0.15) is 23.5 Å². The number of hydrogen-bond donors (Lipinski definition) is 0. The highest BCUT2D eigenvalue weighted by Crippen LogP contribution is 2.41. The van der Waals surface area contributed by atoms with E-state index in [0.29, 0.717) is 10.6 Å². The highest BCUT2D eigenvalue weighted by atomic mass is 35.5. The first kappa shape index (κ1) is 28.2. The Morgan fingerprint density at radius 2 is 1.53 bits per heavy atom. The van der Waals surface area contributed by atoms with Crippen molar-refractivity contribution in [1.29, 1.82) is 5.26 Å². The van der Waals surface area contributed by atoms with Crippen LogP contribution in [0, 0.1) is 11.3 Å². The minimum absolute atomic E-state index is 0.00639. The molecule has 3 aromatic carbocycles. The standard InChI is InChI=1S/C24H13Cl5F3NO3/c25-13-2-3-14(16(26)8-13)15(11-33)20(34)5-6-35-22-10-23(19(29)9-18(22)28)36-21-4-1-12(7-17(21)27)24(30,31)32/h1-4,7-10,15H,5-6H2. The van der Waals surface area contributed by atoms with Gasteiger partial charge in [-0.15, -0.1) is 0 Å². The van der Waals surface area contributed by atoms with Crippen LogP contribution in [-0.2, 0) is 11.0 Å². The molecule has 1 atom stereocenters. The molecule has 0 spiro atoms. The van der Waals surface area contributed by atoms with Gasteiger partial charge in [0.2, 0.25) is 0 Å². The summed E-state index contributed by atoms with van der Waals surface area (Å²) in [5.41, 5.74) is -0.617. The van der Waals surface area contributed by atoms with E-state index in [1.807, 2.05) is 6.07 Å². The van der Waals surface area contributed by atoms with Crippen molar-refractivity contribution in [2.45, 2.75) is 18.5 Å². The third-order valence-electron chi connectivity index (χ3n) is 4.80. The van der Waals surface area contributed by atoms with Gasteiger partial charge in [0.15, 0.2) is 5.78 Å². The summed E-state index contributed by atoms with van der Waals surface area (Å²) in [6, 6.07) is 11.6. The van der Waals surface area contributed by atoms with Crippen molar-refractivity contribution < 1.29 is 27.4 Å². The summed E-state index contributed by atoms with van der Waals surface area (Å²) in [6.07, 6.45) is -4.72. The normalized spacial score (nSPS) is 12.1. The highest BCUT2D eigenvalue weighted by molar-refractivity contribution is 6.36. The smallest absolute Gasteiger partial charge is 0.416 e. The van der Waals surface area contributed by atoms with E-state index in [1.54, 1.807) is 0 Å².